The standard InChI is InChI=1S/C11H11ClN4S/c1-2-4-8-9(12)15-7-16-10(8)17-11-13-5-3-6-14-11/h3,5-7H,2,4H2,1H3. The van der Waals surface area contributed by atoms with Gasteiger partial charge in [0.15, 0.2) is 5.16 Å². The molecule has 0 aromatic carbocycles. The monoisotopic (exact) mass is 266 g/mol. The van der Waals surface area contributed by atoms with Gasteiger partial charge >= 0.3 is 0 Å². The maximum Gasteiger partial charge on any atom is 0.193 e. The van der Waals surface area contributed by atoms with Crippen LogP contribution in [-0.2, 0) is 6.42 Å². The minimum atomic E-state index is 0.514. The zero-order valence-electron chi connectivity index (χ0n) is 9.30. The fourth-order valence-corrected chi connectivity index (χ4v) is 2.45. The summed E-state index contributed by atoms with van der Waals surface area (Å²) in [5.74, 6) is 0. The number of aromatic nitrogens is 4. The van der Waals surface area contributed by atoms with E-state index in [4.69, 9.17) is 11.6 Å². The van der Waals surface area contributed by atoms with E-state index in [2.05, 4.69) is 26.9 Å². The molecule has 0 amide bonds. The van der Waals surface area contributed by atoms with Gasteiger partial charge in [0, 0.05) is 18.0 Å². The van der Waals surface area contributed by atoms with Crippen LogP contribution in [0.3, 0.4) is 0 Å². The lowest BCUT2D eigenvalue weighted by Crippen LogP contribution is -1.96. The van der Waals surface area contributed by atoms with Gasteiger partial charge in [-0.25, -0.2) is 19.9 Å². The molecule has 17 heavy (non-hydrogen) atoms. The Morgan fingerprint density at radius 1 is 1.18 bits per heavy atom. The molecule has 2 rings (SSSR count). The minimum Gasteiger partial charge on any atom is -0.231 e. The summed E-state index contributed by atoms with van der Waals surface area (Å²) in [5.41, 5.74) is 0.967. The third kappa shape index (κ3) is 3.14. The van der Waals surface area contributed by atoms with Gasteiger partial charge in [-0.2, -0.15) is 0 Å². The highest BCUT2D eigenvalue weighted by Gasteiger charge is 2.11. The molecule has 2 aromatic heterocycles. The Morgan fingerprint density at radius 2 is 1.94 bits per heavy atom. The summed E-state index contributed by atoms with van der Waals surface area (Å²) >= 11 is 7.48. The molecule has 4 nitrogen and oxygen atoms in total. The first-order valence-electron chi connectivity index (χ1n) is 5.25. The van der Waals surface area contributed by atoms with E-state index in [1.165, 1.54) is 18.1 Å². The van der Waals surface area contributed by atoms with E-state index in [9.17, 15) is 0 Å². The maximum absolute atomic E-state index is 6.07. The summed E-state index contributed by atoms with van der Waals surface area (Å²) in [4.78, 5) is 16.5. The normalized spacial score (nSPS) is 10.5. The average Bonchev–Trinajstić information content (AvgIpc) is 2.35. The molecule has 0 radical (unpaired) electrons. The van der Waals surface area contributed by atoms with E-state index in [-0.39, 0.29) is 0 Å². The van der Waals surface area contributed by atoms with Gasteiger partial charge in [0.1, 0.15) is 16.5 Å². The van der Waals surface area contributed by atoms with Gasteiger partial charge in [-0.3, -0.25) is 0 Å². The molecule has 0 saturated heterocycles. The van der Waals surface area contributed by atoms with Crippen molar-refractivity contribution in [3.63, 3.8) is 0 Å². The molecule has 6 heteroatoms. The van der Waals surface area contributed by atoms with E-state index in [1.54, 1.807) is 18.5 Å². The third-order valence-corrected chi connectivity index (χ3v) is 3.35. The Morgan fingerprint density at radius 3 is 2.65 bits per heavy atom. The molecule has 0 aliphatic carbocycles. The van der Waals surface area contributed by atoms with Gasteiger partial charge < -0.3 is 0 Å². The number of hydrogen-bond acceptors (Lipinski definition) is 5. The molecule has 2 heterocycles. The Hall–Kier alpha value is -1.20. The Balaban J connectivity index is 2.29. The number of rotatable bonds is 4. The van der Waals surface area contributed by atoms with Crippen molar-refractivity contribution >= 4 is 23.4 Å². The van der Waals surface area contributed by atoms with Crippen LogP contribution in [-0.4, -0.2) is 19.9 Å². The fraction of sp³-hybridized carbons (Fsp3) is 0.273. The highest BCUT2D eigenvalue weighted by molar-refractivity contribution is 7.99. The lowest BCUT2D eigenvalue weighted by atomic mass is 10.2. The van der Waals surface area contributed by atoms with Gasteiger partial charge in [0.25, 0.3) is 0 Å². The van der Waals surface area contributed by atoms with Gasteiger partial charge in [-0.15, -0.1) is 0 Å². The number of nitrogens with zero attached hydrogens (tertiary/aromatic N) is 4. The van der Waals surface area contributed by atoms with Crippen LogP contribution in [0.25, 0.3) is 0 Å². The lowest BCUT2D eigenvalue weighted by molar-refractivity contribution is 0.852. The second kappa shape index (κ2) is 5.93. The van der Waals surface area contributed by atoms with Crippen LogP contribution < -0.4 is 0 Å². The Bertz CT molecular complexity index is 492. The van der Waals surface area contributed by atoms with Crippen LogP contribution >= 0.6 is 23.4 Å². The van der Waals surface area contributed by atoms with Crippen molar-refractivity contribution in [3.05, 3.63) is 35.5 Å². The largest absolute Gasteiger partial charge is 0.231 e. The molecule has 0 unspecified atom stereocenters. The molecule has 0 spiro atoms. The minimum absolute atomic E-state index is 0.514. The number of halogens is 1. The second-order valence-corrected chi connectivity index (χ2v) is 4.65. The maximum atomic E-state index is 6.07. The molecule has 2 aromatic rings. The van der Waals surface area contributed by atoms with Crippen molar-refractivity contribution in [1.29, 1.82) is 0 Å². The van der Waals surface area contributed by atoms with Crippen molar-refractivity contribution in [1.82, 2.24) is 19.9 Å². The van der Waals surface area contributed by atoms with E-state index in [1.807, 2.05) is 0 Å². The van der Waals surface area contributed by atoms with Crippen LogP contribution in [0.4, 0.5) is 0 Å². The van der Waals surface area contributed by atoms with Crippen molar-refractivity contribution in [2.24, 2.45) is 0 Å². The average molecular weight is 267 g/mol. The molecule has 0 atom stereocenters. The van der Waals surface area contributed by atoms with Crippen LogP contribution in [0, 0.1) is 0 Å². The predicted octanol–water partition coefficient (Wildman–Crippen LogP) is 3.02. The number of hydrogen-bond donors (Lipinski definition) is 0. The van der Waals surface area contributed by atoms with Crippen LogP contribution in [0.5, 0.6) is 0 Å². The van der Waals surface area contributed by atoms with E-state index in [0.717, 1.165) is 23.4 Å². The lowest BCUT2D eigenvalue weighted by Gasteiger charge is -2.06. The third-order valence-electron chi connectivity index (χ3n) is 2.08. The smallest absolute Gasteiger partial charge is 0.193 e. The first kappa shape index (κ1) is 12.3. The SMILES string of the molecule is CCCc1c(Cl)ncnc1Sc1ncccn1. The van der Waals surface area contributed by atoms with E-state index >= 15 is 0 Å². The Labute approximate surface area is 109 Å². The van der Waals surface area contributed by atoms with Crippen molar-refractivity contribution in [2.75, 3.05) is 0 Å². The summed E-state index contributed by atoms with van der Waals surface area (Å²) in [6.45, 7) is 2.09. The summed E-state index contributed by atoms with van der Waals surface area (Å²) in [5, 5.41) is 2.01. The van der Waals surface area contributed by atoms with Crippen LogP contribution in [0.1, 0.15) is 18.9 Å². The molecule has 0 bridgehead atoms. The summed E-state index contributed by atoms with van der Waals surface area (Å²) < 4.78 is 0. The first-order chi connectivity index (χ1) is 8.31. The molecule has 0 saturated carbocycles. The van der Waals surface area contributed by atoms with Crippen LogP contribution in [0.15, 0.2) is 35.0 Å². The van der Waals surface area contributed by atoms with E-state index in [0.29, 0.717) is 10.3 Å². The zero-order chi connectivity index (χ0) is 12.1. The summed E-state index contributed by atoms with van der Waals surface area (Å²) in [6.07, 6.45) is 6.73. The predicted molar refractivity (Wildman–Crippen MR) is 67.2 cm³/mol. The quantitative estimate of drug-likeness (QED) is 0.629. The highest BCUT2D eigenvalue weighted by Crippen LogP contribution is 2.29. The van der Waals surface area contributed by atoms with Crippen molar-refractivity contribution < 1.29 is 0 Å². The Kier molecular flexibility index (Phi) is 4.28. The first-order valence-corrected chi connectivity index (χ1v) is 6.45. The molecule has 0 fully saturated rings. The van der Waals surface area contributed by atoms with Crippen LogP contribution in [0.2, 0.25) is 5.15 Å². The molecular weight excluding hydrogens is 256 g/mol. The van der Waals surface area contributed by atoms with Gasteiger partial charge in [0.05, 0.1) is 0 Å². The summed E-state index contributed by atoms with van der Waals surface area (Å²) in [7, 11) is 0. The van der Waals surface area contributed by atoms with Gasteiger partial charge in [-0.05, 0) is 24.2 Å². The topological polar surface area (TPSA) is 51.6 Å². The van der Waals surface area contributed by atoms with Crippen molar-refractivity contribution in [2.45, 2.75) is 29.9 Å². The van der Waals surface area contributed by atoms with Gasteiger partial charge in [0.2, 0.25) is 0 Å². The molecule has 0 N–H and O–H groups in total. The molecule has 88 valence electrons. The summed E-state index contributed by atoms with van der Waals surface area (Å²) in [6, 6.07) is 1.78. The zero-order valence-corrected chi connectivity index (χ0v) is 10.9. The van der Waals surface area contributed by atoms with Gasteiger partial charge in [-0.1, -0.05) is 24.9 Å². The molecule has 0 aliphatic heterocycles. The molecular formula is C11H11ClN4S. The van der Waals surface area contributed by atoms with E-state index < -0.39 is 0 Å². The fourth-order valence-electron chi connectivity index (χ4n) is 1.35. The highest BCUT2D eigenvalue weighted by atomic mass is 35.5. The second-order valence-electron chi connectivity index (χ2n) is 3.33. The van der Waals surface area contributed by atoms with Crippen molar-refractivity contribution in [3.8, 4) is 0 Å². The molecule has 0 aliphatic rings.